The molecule has 5 aliphatic rings. The summed E-state index contributed by atoms with van der Waals surface area (Å²) in [6.07, 6.45) is 21.1. The van der Waals surface area contributed by atoms with Gasteiger partial charge in [0.1, 0.15) is 0 Å². The second-order valence-corrected chi connectivity index (χ2v) is 9.15. The topological polar surface area (TPSA) is 0 Å². The molecule has 0 heteroatoms. The van der Waals surface area contributed by atoms with Crippen molar-refractivity contribution in [1.29, 1.82) is 0 Å². The van der Waals surface area contributed by atoms with E-state index in [2.05, 4.69) is 50.3 Å². The number of fused-ring (bicyclic) bond motifs is 5. The first-order chi connectivity index (χ1) is 10.7. The minimum Gasteiger partial charge on any atom is -0.0879 e. The normalized spacial score (nSPS) is 58.1. The van der Waals surface area contributed by atoms with Crippen LogP contribution in [0.5, 0.6) is 0 Å². The van der Waals surface area contributed by atoms with Crippen LogP contribution >= 0.6 is 0 Å². The van der Waals surface area contributed by atoms with Crippen molar-refractivity contribution in [3.05, 3.63) is 36.5 Å². The van der Waals surface area contributed by atoms with Crippen molar-refractivity contribution in [1.82, 2.24) is 0 Å². The van der Waals surface area contributed by atoms with Crippen LogP contribution in [0.4, 0.5) is 0 Å². The average Bonchev–Trinajstić information content (AvgIpc) is 3.25. The van der Waals surface area contributed by atoms with Gasteiger partial charge in [-0.25, -0.2) is 0 Å². The quantitative estimate of drug-likeness (QED) is 0.591. The molecule has 2 saturated carbocycles. The van der Waals surface area contributed by atoms with Gasteiger partial charge >= 0.3 is 0 Å². The Bertz CT molecular complexity index is 538. The van der Waals surface area contributed by atoms with Gasteiger partial charge in [0.2, 0.25) is 0 Å². The maximum Gasteiger partial charge on any atom is -0.0165 e. The van der Waals surface area contributed by atoms with E-state index < -0.39 is 0 Å². The Kier molecular flexibility index (Phi) is 3.01. The highest BCUT2D eigenvalue weighted by atomic mass is 14.6. The Morgan fingerprint density at radius 3 is 2.23 bits per heavy atom. The monoisotopic (exact) mass is 294 g/mol. The Labute approximate surface area is 135 Å². The van der Waals surface area contributed by atoms with Gasteiger partial charge < -0.3 is 0 Å². The van der Waals surface area contributed by atoms with Crippen molar-refractivity contribution < 1.29 is 0 Å². The van der Waals surface area contributed by atoms with Crippen molar-refractivity contribution in [2.24, 2.45) is 59.2 Å². The van der Waals surface area contributed by atoms with E-state index >= 15 is 0 Å². The van der Waals surface area contributed by atoms with Crippen molar-refractivity contribution in [3.8, 4) is 0 Å². The van der Waals surface area contributed by atoms with E-state index in [4.69, 9.17) is 0 Å². The number of allylic oxidation sites excluding steroid dienone is 6. The maximum absolute atomic E-state index is 2.64. The second kappa shape index (κ2) is 4.86. The molecule has 0 radical (unpaired) electrons. The third kappa shape index (κ3) is 1.82. The van der Waals surface area contributed by atoms with E-state index in [9.17, 15) is 0 Å². The van der Waals surface area contributed by atoms with Gasteiger partial charge in [-0.15, -0.1) is 0 Å². The summed E-state index contributed by atoms with van der Waals surface area (Å²) in [5.74, 6) is 9.31. The van der Waals surface area contributed by atoms with E-state index in [0.717, 1.165) is 59.2 Å². The molecule has 118 valence electrons. The predicted octanol–water partition coefficient (Wildman–Crippen LogP) is 5.49. The minimum absolute atomic E-state index is 0.812. The molecule has 5 aliphatic carbocycles. The third-order valence-electron chi connectivity index (χ3n) is 8.01. The molecule has 10 atom stereocenters. The Hall–Kier alpha value is -0.780. The molecular weight excluding hydrogens is 264 g/mol. The molecule has 0 saturated heterocycles. The Balaban J connectivity index is 1.41. The zero-order valence-corrected chi connectivity index (χ0v) is 14.1. The predicted molar refractivity (Wildman–Crippen MR) is 92.1 cm³/mol. The second-order valence-electron chi connectivity index (χ2n) is 9.15. The van der Waals surface area contributed by atoms with Crippen LogP contribution < -0.4 is 0 Å². The molecule has 0 aromatic heterocycles. The van der Waals surface area contributed by atoms with Gasteiger partial charge in [0.15, 0.2) is 0 Å². The summed E-state index contributed by atoms with van der Waals surface area (Å²) in [5, 5.41) is 0. The molecule has 2 fully saturated rings. The zero-order valence-electron chi connectivity index (χ0n) is 14.1. The lowest BCUT2D eigenvalue weighted by Crippen LogP contribution is -2.30. The fourth-order valence-corrected chi connectivity index (χ4v) is 7.31. The van der Waals surface area contributed by atoms with E-state index in [1.54, 1.807) is 0 Å². The molecule has 10 unspecified atom stereocenters. The van der Waals surface area contributed by atoms with Crippen molar-refractivity contribution in [2.45, 2.75) is 39.5 Å². The van der Waals surface area contributed by atoms with Gasteiger partial charge in [0, 0.05) is 0 Å². The Morgan fingerprint density at radius 2 is 1.45 bits per heavy atom. The lowest BCUT2D eigenvalue weighted by molar-refractivity contribution is 0.170. The summed E-state index contributed by atoms with van der Waals surface area (Å²) in [6.45, 7) is 4.94. The molecule has 0 spiro atoms. The van der Waals surface area contributed by atoms with Gasteiger partial charge in [-0.3, -0.25) is 0 Å². The molecule has 0 N–H and O–H groups in total. The fourth-order valence-electron chi connectivity index (χ4n) is 7.31. The largest absolute Gasteiger partial charge is 0.0879 e. The van der Waals surface area contributed by atoms with Gasteiger partial charge in [-0.2, -0.15) is 0 Å². The maximum atomic E-state index is 2.64. The first-order valence-corrected chi connectivity index (χ1v) is 9.75. The number of hydrogen-bond acceptors (Lipinski definition) is 0. The van der Waals surface area contributed by atoms with Crippen LogP contribution in [0.2, 0.25) is 0 Å². The van der Waals surface area contributed by atoms with Crippen molar-refractivity contribution >= 4 is 0 Å². The summed E-state index contributed by atoms with van der Waals surface area (Å²) < 4.78 is 0. The molecular formula is C22H30. The van der Waals surface area contributed by atoms with Crippen LogP contribution in [0.25, 0.3) is 0 Å². The Morgan fingerprint density at radius 1 is 0.682 bits per heavy atom. The zero-order chi connectivity index (χ0) is 14.8. The highest BCUT2D eigenvalue weighted by Crippen LogP contribution is 2.63. The number of rotatable bonds is 2. The highest BCUT2D eigenvalue weighted by Gasteiger charge is 2.56. The summed E-state index contributed by atoms with van der Waals surface area (Å²) in [6, 6.07) is 0. The first-order valence-electron chi connectivity index (χ1n) is 9.75. The molecule has 0 amide bonds. The van der Waals surface area contributed by atoms with Crippen LogP contribution in [0.1, 0.15) is 39.5 Å². The van der Waals surface area contributed by atoms with Gasteiger partial charge in [-0.1, -0.05) is 50.3 Å². The van der Waals surface area contributed by atoms with Crippen LogP contribution in [0.15, 0.2) is 36.5 Å². The van der Waals surface area contributed by atoms with E-state index in [1.807, 2.05) is 0 Å². The van der Waals surface area contributed by atoms with Gasteiger partial charge in [0.05, 0.1) is 0 Å². The summed E-state index contributed by atoms with van der Waals surface area (Å²) >= 11 is 0. The third-order valence-corrected chi connectivity index (χ3v) is 8.01. The van der Waals surface area contributed by atoms with Crippen LogP contribution in [-0.2, 0) is 0 Å². The summed E-state index contributed by atoms with van der Waals surface area (Å²) in [4.78, 5) is 0. The van der Waals surface area contributed by atoms with Crippen LogP contribution in [0.3, 0.4) is 0 Å². The molecule has 5 rings (SSSR count). The average molecular weight is 294 g/mol. The lowest BCUT2D eigenvalue weighted by atomic mass is 9.69. The minimum atomic E-state index is 0.812. The van der Waals surface area contributed by atoms with E-state index in [1.165, 1.54) is 25.7 Å². The molecule has 0 aromatic carbocycles. The molecule has 0 aromatic rings. The first kappa shape index (κ1) is 13.6. The molecule has 0 aliphatic heterocycles. The number of hydrogen-bond donors (Lipinski definition) is 0. The van der Waals surface area contributed by atoms with Crippen LogP contribution in [-0.4, -0.2) is 0 Å². The van der Waals surface area contributed by atoms with Crippen LogP contribution in [0, 0.1) is 59.2 Å². The molecule has 0 nitrogen and oxygen atoms in total. The van der Waals surface area contributed by atoms with Crippen molar-refractivity contribution in [2.75, 3.05) is 0 Å². The summed E-state index contributed by atoms with van der Waals surface area (Å²) in [7, 11) is 0. The molecule has 2 bridgehead atoms. The highest BCUT2D eigenvalue weighted by molar-refractivity contribution is 5.21. The van der Waals surface area contributed by atoms with E-state index in [0.29, 0.717) is 0 Å². The summed E-state index contributed by atoms with van der Waals surface area (Å²) in [5.41, 5.74) is 0. The molecule has 0 heterocycles. The SMILES string of the molecule is CC1C=CC(C2CC=CC2C2CC(C)C3C4C=CC(C4)C23)C1. The van der Waals surface area contributed by atoms with E-state index in [-0.39, 0.29) is 0 Å². The van der Waals surface area contributed by atoms with Crippen molar-refractivity contribution in [3.63, 3.8) is 0 Å². The fraction of sp³-hybridized carbons (Fsp3) is 0.727. The van der Waals surface area contributed by atoms with Gasteiger partial charge in [-0.05, 0) is 84.9 Å². The smallest absolute Gasteiger partial charge is 0.0165 e. The lowest BCUT2D eigenvalue weighted by Gasteiger charge is -2.35. The molecule has 22 heavy (non-hydrogen) atoms. The standard InChI is InChI=1S/C22H30/c1-13-6-7-15(10-13)18-4-3-5-19(18)20-11-14(2)21-16-8-9-17(12-16)22(20)21/h3,5-9,13-22H,4,10-12H2,1-2H3. The van der Waals surface area contributed by atoms with Gasteiger partial charge in [0.25, 0.3) is 0 Å².